The number of hydrogen-bond donors (Lipinski definition) is 2. The van der Waals surface area contributed by atoms with Crippen LogP contribution < -0.4 is 5.32 Å². The molecule has 0 saturated heterocycles. The number of amides is 2. The van der Waals surface area contributed by atoms with Crippen LogP contribution in [0.15, 0.2) is 12.1 Å². The molecule has 0 aliphatic heterocycles. The van der Waals surface area contributed by atoms with Gasteiger partial charge in [-0.1, -0.05) is 34.8 Å². The van der Waals surface area contributed by atoms with Gasteiger partial charge in [-0.25, -0.2) is 4.79 Å². The highest BCUT2D eigenvalue weighted by Crippen LogP contribution is 2.34. The molecular formula is C13H13Cl3N2O3. The first-order valence-corrected chi connectivity index (χ1v) is 7.42. The van der Waals surface area contributed by atoms with Gasteiger partial charge in [0, 0.05) is 11.6 Å². The van der Waals surface area contributed by atoms with E-state index >= 15 is 0 Å². The molecule has 5 nitrogen and oxygen atoms in total. The highest BCUT2D eigenvalue weighted by Gasteiger charge is 2.28. The van der Waals surface area contributed by atoms with Crippen molar-refractivity contribution in [1.82, 2.24) is 4.90 Å². The summed E-state index contributed by atoms with van der Waals surface area (Å²) < 4.78 is 0. The lowest BCUT2D eigenvalue weighted by molar-refractivity contribution is -0.137. The minimum Gasteiger partial charge on any atom is -0.480 e. The van der Waals surface area contributed by atoms with E-state index in [9.17, 15) is 9.59 Å². The second-order valence-corrected chi connectivity index (χ2v) is 6.14. The average molecular weight is 352 g/mol. The molecule has 114 valence electrons. The van der Waals surface area contributed by atoms with Gasteiger partial charge in [-0.15, -0.1) is 0 Å². The summed E-state index contributed by atoms with van der Waals surface area (Å²) in [5.41, 5.74) is 0.221. The van der Waals surface area contributed by atoms with Crippen molar-refractivity contribution in [3.05, 3.63) is 27.2 Å². The van der Waals surface area contributed by atoms with E-state index in [1.54, 1.807) is 0 Å². The fraction of sp³-hybridized carbons (Fsp3) is 0.385. The van der Waals surface area contributed by atoms with Gasteiger partial charge in [0.05, 0.1) is 15.7 Å². The van der Waals surface area contributed by atoms with Gasteiger partial charge in [-0.2, -0.15) is 0 Å². The molecule has 1 aromatic carbocycles. The monoisotopic (exact) mass is 350 g/mol. The molecule has 1 aliphatic rings. The fourth-order valence-corrected chi connectivity index (χ4v) is 2.75. The first-order chi connectivity index (χ1) is 9.86. The zero-order chi connectivity index (χ0) is 15.6. The molecule has 21 heavy (non-hydrogen) atoms. The maximum atomic E-state index is 12.2. The number of urea groups is 1. The van der Waals surface area contributed by atoms with Gasteiger partial charge in [0.15, 0.2) is 0 Å². The number of aliphatic carboxylic acids is 1. The van der Waals surface area contributed by atoms with E-state index in [4.69, 9.17) is 39.9 Å². The number of carboxylic acids is 1. The molecule has 2 rings (SSSR count). The van der Waals surface area contributed by atoms with Crippen molar-refractivity contribution in [3.8, 4) is 0 Å². The van der Waals surface area contributed by atoms with Crippen LogP contribution in [0.1, 0.15) is 12.8 Å². The molecule has 0 heterocycles. The van der Waals surface area contributed by atoms with E-state index in [2.05, 4.69) is 5.32 Å². The van der Waals surface area contributed by atoms with Gasteiger partial charge in [0.1, 0.15) is 6.54 Å². The molecule has 1 aliphatic carbocycles. The number of anilines is 1. The SMILES string of the molecule is O=C(O)CN(CC1CC1)C(=O)Nc1c(Cl)cc(Cl)cc1Cl. The van der Waals surface area contributed by atoms with Crippen molar-refractivity contribution < 1.29 is 14.7 Å². The second-order valence-electron chi connectivity index (χ2n) is 4.89. The summed E-state index contributed by atoms with van der Waals surface area (Å²) in [6, 6.07) is 2.36. The number of halogens is 3. The van der Waals surface area contributed by atoms with Gasteiger partial charge in [-0.3, -0.25) is 4.79 Å². The number of carbonyl (C=O) groups excluding carboxylic acids is 1. The summed E-state index contributed by atoms with van der Waals surface area (Å²) in [6.45, 7) is 0.0339. The maximum absolute atomic E-state index is 12.2. The zero-order valence-electron chi connectivity index (χ0n) is 10.9. The average Bonchev–Trinajstić information content (AvgIpc) is 3.16. The Kier molecular flexibility index (Phi) is 5.19. The van der Waals surface area contributed by atoms with Crippen molar-refractivity contribution in [2.24, 2.45) is 5.92 Å². The molecule has 2 N–H and O–H groups in total. The molecule has 0 spiro atoms. The van der Waals surface area contributed by atoms with Crippen LogP contribution in [0.2, 0.25) is 15.1 Å². The van der Waals surface area contributed by atoms with Crippen molar-refractivity contribution >= 4 is 52.5 Å². The molecule has 2 amide bonds. The standard InChI is InChI=1S/C13H13Cl3N2O3/c14-8-3-9(15)12(10(16)4-8)17-13(21)18(6-11(19)20)5-7-1-2-7/h3-4,7H,1-2,5-6H2,(H,17,21)(H,19,20). The Morgan fingerprint density at radius 2 is 1.81 bits per heavy atom. The van der Waals surface area contributed by atoms with Crippen LogP contribution in [-0.2, 0) is 4.79 Å². The Morgan fingerprint density at radius 3 is 2.29 bits per heavy atom. The van der Waals surface area contributed by atoms with Gasteiger partial charge < -0.3 is 15.3 Å². The Hall–Kier alpha value is -1.17. The van der Waals surface area contributed by atoms with Gasteiger partial charge in [0.25, 0.3) is 0 Å². The number of rotatable bonds is 5. The van der Waals surface area contributed by atoms with Crippen LogP contribution >= 0.6 is 34.8 Å². The predicted octanol–water partition coefficient (Wildman–Crippen LogP) is 3.98. The van der Waals surface area contributed by atoms with Crippen molar-refractivity contribution in [2.45, 2.75) is 12.8 Å². The highest BCUT2D eigenvalue weighted by atomic mass is 35.5. The molecule has 1 fully saturated rings. The quantitative estimate of drug-likeness (QED) is 0.843. The lowest BCUT2D eigenvalue weighted by Gasteiger charge is -2.21. The third-order valence-corrected chi connectivity index (χ3v) is 3.84. The van der Waals surface area contributed by atoms with E-state index in [1.165, 1.54) is 17.0 Å². The van der Waals surface area contributed by atoms with Gasteiger partial charge >= 0.3 is 12.0 Å². The molecule has 0 radical (unpaired) electrons. The topological polar surface area (TPSA) is 69.6 Å². The summed E-state index contributed by atoms with van der Waals surface area (Å²) in [6.07, 6.45) is 2.01. The van der Waals surface area contributed by atoms with E-state index < -0.39 is 12.0 Å². The van der Waals surface area contributed by atoms with Crippen LogP contribution in [0.4, 0.5) is 10.5 Å². The molecule has 8 heteroatoms. The maximum Gasteiger partial charge on any atom is 0.323 e. The van der Waals surface area contributed by atoms with Crippen molar-refractivity contribution in [2.75, 3.05) is 18.4 Å². The van der Waals surface area contributed by atoms with E-state index in [-0.39, 0.29) is 22.3 Å². The zero-order valence-corrected chi connectivity index (χ0v) is 13.2. The van der Waals surface area contributed by atoms with Gasteiger partial charge in [-0.05, 0) is 30.9 Å². The Labute approximate surface area is 136 Å². The lowest BCUT2D eigenvalue weighted by Crippen LogP contribution is -2.40. The van der Waals surface area contributed by atoms with Crippen molar-refractivity contribution in [3.63, 3.8) is 0 Å². The first-order valence-electron chi connectivity index (χ1n) is 6.29. The van der Waals surface area contributed by atoms with E-state index in [0.29, 0.717) is 17.5 Å². The Balaban J connectivity index is 2.12. The van der Waals surface area contributed by atoms with Crippen LogP contribution in [-0.4, -0.2) is 35.1 Å². The normalized spacial score (nSPS) is 13.9. The molecule has 0 aromatic heterocycles. The third kappa shape index (κ3) is 4.66. The van der Waals surface area contributed by atoms with Crippen molar-refractivity contribution in [1.29, 1.82) is 0 Å². The Bertz CT molecular complexity index is 553. The number of hydrogen-bond acceptors (Lipinski definition) is 2. The minimum absolute atomic E-state index is 0.197. The summed E-state index contributed by atoms with van der Waals surface area (Å²) in [7, 11) is 0. The molecule has 0 unspecified atom stereocenters. The summed E-state index contributed by atoms with van der Waals surface area (Å²) in [5, 5.41) is 12.2. The molecule has 0 bridgehead atoms. The lowest BCUT2D eigenvalue weighted by atomic mass is 10.3. The van der Waals surface area contributed by atoms with Gasteiger partial charge in [0.2, 0.25) is 0 Å². The fourth-order valence-electron chi connectivity index (χ4n) is 1.84. The molecule has 1 aromatic rings. The summed E-state index contributed by atoms with van der Waals surface area (Å²) in [5.74, 6) is -0.703. The number of carboxylic acid groups (broad SMARTS) is 1. The second kappa shape index (κ2) is 6.73. The van der Waals surface area contributed by atoms with Crippen LogP contribution in [0.25, 0.3) is 0 Å². The first kappa shape index (κ1) is 16.2. The Morgan fingerprint density at radius 1 is 1.24 bits per heavy atom. The summed E-state index contributed by atoms with van der Waals surface area (Å²) >= 11 is 17.8. The smallest absolute Gasteiger partial charge is 0.323 e. The number of nitrogens with zero attached hydrogens (tertiary/aromatic N) is 1. The predicted molar refractivity (Wildman–Crippen MR) is 82.4 cm³/mol. The van der Waals surface area contributed by atoms with Crippen LogP contribution in [0, 0.1) is 5.92 Å². The molecule has 1 saturated carbocycles. The largest absolute Gasteiger partial charge is 0.480 e. The third-order valence-electron chi connectivity index (χ3n) is 3.03. The van der Waals surface area contributed by atoms with E-state index in [0.717, 1.165) is 12.8 Å². The van der Waals surface area contributed by atoms with Crippen LogP contribution in [0.3, 0.4) is 0 Å². The highest BCUT2D eigenvalue weighted by molar-refractivity contribution is 6.42. The van der Waals surface area contributed by atoms with Crippen LogP contribution in [0.5, 0.6) is 0 Å². The summed E-state index contributed by atoms with van der Waals surface area (Å²) in [4.78, 5) is 24.3. The van der Waals surface area contributed by atoms with E-state index in [1.807, 2.05) is 0 Å². The number of carbonyl (C=O) groups is 2. The molecule has 0 atom stereocenters. The number of nitrogens with one attached hydrogen (secondary N) is 1. The minimum atomic E-state index is -1.07. The molecular weight excluding hydrogens is 339 g/mol. The number of benzene rings is 1.